The molecule has 0 spiro atoms. The smallest absolute Gasteiger partial charge is 0.319 e. The lowest BCUT2D eigenvalue weighted by Gasteiger charge is -2.31. The maximum absolute atomic E-state index is 12.8. The number of nitrogens with zero attached hydrogens (tertiary/aromatic N) is 1. The molecule has 0 saturated carbocycles. The number of nitriles is 1. The molecule has 0 bridgehead atoms. The zero-order valence-corrected chi connectivity index (χ0v) is 20.3. The van der Waals surface area contributed by atoms with E-state index in [2.05, 4.69) is 32.6 Å². The van der Waals surface area contributed by atoms with Crippen LogP contribution in [-0.2, 0) is 23.9 Å². The second kappa shape index (κ2) is 12.5. The molecule has 2 atom stereocenters. The van der Waals surface area contributed by atoms with Crippen LogP contribution in [0.15, 0.2) is 33.3 Å². The molecule has 2 rings (SSSR count). The Bertz CT molecular complexity index is 946. The molecule has 1 aliphatic heterocycles. The first-order valence-corrected chi connectivity index (χ1v) is 11.4. The van der Waals surface area contributed by atoms with Gasteiger partial charge in [0.05, 0.1) is 41.1 Å². The topological polar surface area (TPSA) is 127 Å². The summed E-state index contributed by atoms with van der Waals surface area (Å²) in [5.41, 5.74) is 0.732. The molecule has 0 radical (unpaired) electrons. The van der Waals surface area contributed by atoms with Crippen LogP contribution in [0.3, 0.4) is 0 Å². The molecular weight excluding hydrogens is 502 g/mol. The van der Waals surface area contributed by atoms with Crippen molar-refractivity contribution in [3.8, 4) is 11.8 Å². The van der Waals surface area contributed by atoms with Crippen molar-refractivity contribution in [1.29, 1.82) is 5.26 Å². The number of esters is 1. The minimum absolute atomic E-state index is 0.00427. The van der Waals surface area contributed by atoms with Crippen molar-refractivity contribution in [2.75, 3.05) is 40.2 Å². The van der Waals surface area contributed by atoms with Gasteiger partial charge in [-0.1, -0.05) is 17.8 Å². The molecule has 0 unspecified atom stereocenters. The monoisotopic (exact) mass is 525 g/mol. The lowest BCUT2D eigenvalue weighted by Crippen LogP contribution is -2.44. The van der Waals surface area contributed by atoms with Gasteiger partial charge in [0.25, 0.3) is 0 Å². The summed E-state index contributed by atoms with van der Waals surface area (Å²) in [4.78, 5) is 37.4. The van der Waals surface area contributed by atoms with Crippen molar-refractivity contribution in [3.05, 3.63) is 38.8 Å². The summed E-state index contributed by atoms with van der Waals surface area (Å²) < 4.78 is 15.6. The zero-order valence-electron chi connectivity index (χ0n) is 17.9. The molecular formula is C21H24BrN3O6S. The molecule has 11 heteroatoms. The molecule has 0 aliphatic carbocycles. The lowest BCUT2D eigenvalue weighted by atomic mass is 9.78. The number of benzene rings is 1. The summed E-state index contributed by atoms with van der Waals surface area (Å²) in [6, 6.07) is 7.16. The fraction of sp³-hybridized carbons (Fsp3) is 0.429. The van der Waals surface area contributed by atoms with Crippen LogP contribution in [0.1, 0.15) is 17.9 Å². The third-order valence-corrected chi connectivity index (χ3v) is 6.35. The number of rotatable bonds is 10. The maximum Gasteiger partial charge on any atom is 0.319 e. The molecule has 0 fully saturated rings. The summed E-state index contributed by atoms with van der Waals surface area (Å²) in [5.74, 6) is -3.18. The highest BCUT2D eigenvalue weighted by molar-refractivity contribution is 9.10. The number of hydrogen-bond acceptors (Lipinski definition) is 8. The lowest BCUT2D eigenvalue weighted by molar-refractivity contribution is -0.150. The van der Waals surface area contributed by atoms with Gasteiger partial charge in [-0.25, -0.2) is 0 Å². The van der Waals surface area contributed by atoms with Gasteiger partial charge in [0.15, 0.2) is 0 Å². The van der Waals surface area contributed by atoms with E-state index in [9.17, 15) is 19.6 Å². The van der Waals surface area contributed by atoms with E-state index in [1.807, 2.05) is 0 Å². The van der Waals surface area contributed by atoms with Gasteiger partial charge >= 0.3 is 5.97 Å². The molecule has 0 saturated heterocycles. The minimum atomic E-state index is -1.25. The van der Waals surface area contributed by atoms with E-state index < -0.39 is 23.7 Å². The minimum Gasteiger partial charge on any atom is -0.496 e. The van der Waals surface area contributed by atoms with Gasteiger partial charge in [0, 0.05) is 26.2 Å². The molecule has 32 heavy (non-hydrogen) atoms. The Morgan fingerprint density at radius 2 is 2.06 bits per heavy atom. The van der Waals surface area contributed by atoms with Crippen LogP contribution in [0.25, 0.3) is 0 Å². The fourth-order valence-electron chi connectivity index (χ4n) is 3.19. The number of carbonyl (C=O) groups is 3. The Kier molecular flexibility index (Phi) is 10.0. The fourth-order valence-corrected chi connectivity index (χ4v) is 4.63. The number of halogens is 1. The van der Waals surface area contributed by atoms with E-state index in [1.54, 1.807) is 25.3 Å². The first kappa shape index (κ1) is 25.7. The van der Waals surface area contributed by atoms with E-state index in [1.165, 1.54) is 14.2 Å². The van der Waals surface area contributed by atoms with E-state index in [-0.39, 0.29) is 22.3 Å². The Morgan fingerprint density at radius 3 is 2.66 bits per heavy atom. The number of carbonyl (C=O) groups excluding carboxylic acids is 3. The highest BCUT2D eigenvalue weighted by Crippen LogP contribution is 2.41. The van der Waals surface area contributed by atoms with E-state index >= 15 is 0 Å². The van der Waals surface area contributed by atoms with Crippen LogP contribution in [0.5, 0.6) is 5.75 Å². The summed E-state index contributed by atoms with van der Waals surface area (Å²) in [5, 5.41) is 15.5. The van der Waals surface area contributed by atoms with Gasteiger partial charge < -0.3 is 24.8 Å². The molecule has 1 aromatic carbocycles. The van der Waals surface area contributed by atoms with Crippen molar-refractivity contribution in [1.82, 2.24) is 10.6 Å². The van der Waals surface area contributed by atoms with Gasteiger partial charge in [-0.15, -0.1) is 0 Å². The standard InChI is InChI=1S/C21H24BrN3O6S/c1-29-8-4-7-24-16(26)11-32-20-13(10-23)17(18(19(27)25-20)21(28)31-3)12-5-6-15(30-2)14(22)9-12/h5-6,9,17-18H,4,7-8,11H2,1-3H3,(H,24,26)(H,25,27)/t17-,18-/m0/s1. The number of methoxy groups -OCH3 is 3. The Hall–Kier alpha value is -2.55. The van der Waals surface area contributed by atoms with E-state index in [0.29, 0.717) is 35.4 Å². The third-order valence-electron chi connectivity index (χ3n) is 4.71. The Labute approximate surface area is 199 Å². The van der Waals surface area contributed by atoms with Crippen molar-refractivity contribution < 1.29 is 28.6 Å². The number of amides is 2. The van der Waals surface area contributed by atoms with Crippen molar-refractivity contribution in [2.45, 2.75) is 12.3 Å². The quantitative estimate of drug-likeness (QED) is 0.270. The molecule has 1 aromatic rings. The van der Waals surface area contributed by atoms with Crippen LogP contribution in [-0.4, -0.2) is 58.0 Å². The molecule has 0 aromatic heterocycles. The Morgan fingerprint density at radius 1 is 1.31 bits per heavy atom. The second-order valence-electron chi connectivity index (χ2n) is 6.70. The van der Waals surface area contributed by atoms with E-state index in [0.717, 1.165) is 11.8 Å². The van der Waals surface area contributed by atoms with Crippen molar-refractivity contribution in [2.24, 2.45) is 5.92 Å². The normalized spacial score (nSPS) is 17.9. The largest absolute Gasteiger partial charge is 0.496 e. The number of hydrogen-bond donors (Lipinski definition) is 2. The summed E-state index contributed by atoms with van der Waals surface area (Å²) >= 11 is 4.43. The van der Waals surface area contributed by atoms with Gasteiger partial charge in [0.1, 0.15) is 11.7 Å². The molecule has 2 amide bonds. The molecule has 172 valence electrons. The second-order valence-corrected chi connectivity index (χ2v) is 8.54. The van der Waals surface area contributed by atoms with Crippen LogP contribution in [0, 0.1) is 17.2 Å². The van der Waals surface area contributed by atoms with Crippen LogP contribution >= 0.6 is 27.7 Å². The van der Waals surface area contributed by atoms with Crippen molar-refractivity contribution in [3.63, 3.8) is 0 Å². The average Bonchev–Trinajstić information content (AvgIpc) is 2.79. The number of thioether (sulfide) groups is 1. The Balaban J connectivity index is 2.36. The number of allylic oxidation sites excluding steroid dienone is 1. The average molecular weight is 526 g/mol. The molecule has 2 N–H and O–H groups in total. The molecule has 1 aliphatic rings. The summed E-state index contributed by atoms with van der Waals surface area (Å²) in [7, 11) is 4.28. The van der Waals surface area contributed by atoms with Crippen LogP contribution in [0.2, 0.25) is 0 Å². The number of nitrogens with one attached hydrogen (secondary N) is 2. The van der Waals surface area contributed by atoms with E-state index in [4.69, 9.17) is 14.2 Å². The van der Waals surface area contributed by atoms with Crippen molar-refractivity contribution >= 4 is 45.5 Å². The SMILES string of the molecule is COCCCNC(=O)CSC1=C(C#N)[C@H](c2ccc(OC)c(Br)c2)[C@H](C(=O)OC)C(=O)N1. The number of ether oxygens (including phenoxy) is 3. The van der Waals surface area contributed by atoms with Gasteiger partial charge in [-0.2, -0.15) is 5.26 Å². The maximum atomic E-state index is 12.8. The first-order valence-electron chi connectivity index (χ1n) is 9.62. The molecule has 1 heterocycles. The van der Waals surface area contributed by atoms with Gasteiger partial charge in [0.2, 0.25) is 11.8 Å². The molecule has 9 nitrogen and oxygen atoms in total. The summed E-state index contributed by atoms with van der Waals surface area (Å²) in [6.45, 7) is 0.984. The van der Waals surface area contributed by atoms with Crippen LogP contribution in [0.4, 0.5) is 0 Å². The predicted molar refractivity (Wildman–Crippen MR) is 122 cm³/mol. The predicted octanol–water partition coefficient (Wildman–Crippen LogP) is 2.08. The third kappa shape index (κ3) is 6.25. The highest BCUT2D eigenvalue weighted by Gasteiger charge is 2.44. The van der Waals surface area contributed by atoms with Gasteiger partial charge in [-0.3, -0.25) is 14.4 Å². The highest BCUT2D eigenvalue weighted by atomic mass is 79.9. The first-order chi connectivity index (χ1) is 15.4. The van der Waals surface area contributed by atoms with Gasteiger partial charge in [-0.05, 0) is 40.0 Å². The van der Waals surface area contributed by atoms with Crippen LogP contribution < -0.4 is 15.4 Å². The zero-order chi connectivity index (χ0) is 23.7. The summed E-state index contributed by atoms with van der Waals surface area (Å²) in [6.07, 6.45) is 0.672.